The van der Waals surface area contributed by atoms with Crippen LogP contribution in [0, 0.1) is 5.82 Å². The fourth-order valence-electron chi connectivity index (χ4n) is 2.72. The molecule has 29 heavy (non-hydrogen) atoms. The average molecular weight is 412 g/mol. The van der Waals surface area contributed by atoms with Crippen LogP contribution < -0.4 is 5.32 Å². The standard InChI is InChI=1S/C22H22FN3O2S/c1-2-3-11-24-21(28)17-5-4-6-19(14-17)26-13-12-25-22(26)29-15-20(27)16-7-9-18(23)10-8-16/h4-10,12-14H,2-3,11,15H2,1H3,(H,24,28). The van der Waals surface area contributed by atoms with Crippen LogP contribution >= 0.6 is 11.8 Å². The Bertz CT molecular complexity index is 986. The van der Waals surface area contributed by atoms with Gasteiger partial charge in [-0.25, -0.2) is 9.37 Å². The van der Waals surface area contributed by atoms with E-state index in [0.717, 1.165) is 18.5 Å². The first-order valence-corrected chi connectivity index (χ1v) is 10.4. The highest BCUT2D eigenvalue weighted by molar-refractivity contribution is 7.99. The first kappa shape index (κ1) is 20.8. The molecule has 0 bridgehead atoms. The quantitative estimate of drug-likeness (QED) is 0.320. The van der Waals surface area contributed by atoms with E-state index in [4.69, 9.17) is 0 Å². The van der Waals surface area contributed by atoms with Crippen molar-refractivity contribution in [2.75, 3.05) is 12.3 Å². The van der Waals surface area contributed by atoms with Crippen LogP contribution in [0.3, 0.4) is 0 Å². The van der Waals surface area contributed by atoms with Crippen LogP contribution in [0.2, 0.25) is 0 Å². The molecule has 0 unspecified atom stereocenters. The van der Waals surface area contributed by atoms with E-state index in [9.17, 15) is 14.0 Å². The van der Waals surface area contributed by atoms with Crippen molar-refractivity contribution < 1.29 is 14.0 Å². The number of halogens is 1. The van der Waals surface area contributed by atoms with Crippen molar-refractivity contribution >= 4 is 23.5 Å². The van der Waals surface area contributed by atoms with Gasteiger partial charge in [0.05, 0.1) is 5.75 Å². The molecule has 7 heteroatoms. The molecular weight excluding hydrogens is 389 g/mol. The van der Waals surface area contributed by atoms with Gasteiger partial charge in [-0.15, -0.1) is 0 Å². The van der Waals surface area contributed by atoms with Gasteiger partial charge in [-0.2, -0.15) is 0 Å². The fraction of sp³-hybridized carbons (Fsp3) is 0.227. The lowest BCUT2D eigenvalue weighted by Gasteiger charge is -2.10. The number of rotatable bonds is 9. The molecule has 0 radical (unpaired) electrons. The third-order valence-corrected chi connectivity index (χ3v) is 5.27. The molecule has 1 aromatic heterocycles. The molecule has 1 amide bonds. The topological polar surface area (TPSA) is 64.0 Å². The monoisotopic (exact) mass is 411 g/mol. The molecule has 0 spiro atoms. The van der Waals surface area contributed by atoms with Crippen LogP contribution in [0.5, 0.6) is 0 Å². The molecule has 0 atom stereocenters. The number of carbonyl (C=O) groups excluding carboxylic acids is 2. The minimum atomic E-state index is -0.372. The summed E-state index contributed by atoms with van der Waals surface area (Å²) < 4.78 is 14.9. The van der Waals surface area contributed by atoms with Crippen molar-refractivity contribution in [3.05, 3.63) is 77.9 Å². The number of imidazole rings is 1. The molecule has 0 fully saturated rings. The smallest absolute Gasteiger partial charge is 0.251 e. The molecule has 1 N–H and O–H groups in total. The molecule has 0 aliphatic carbocycles. The van der Waals surface area contributed by atoms with Gasteiger partial charge >= 0.3 is 0 Å². The SMILES string of the molecule is CCCCNC(=O)c1cccc(-n2ccnc2SCC(=O)c2ccc(F)cc2)c1. The Morgan fingerprint density at radius 1 is 1.14 bits per heavy atom. The van der Waals surface area contributed by atoms with E-state index in [0.29, 0.717) is 22.8 Å². The Morgan fingerprint density at radius 2 is 1.93 bits per heavy atom. The summed E-state index contributed by atoms with van der Waals surface area (Å²) >= 11 is 1.29. The number of ketones is 1. The highest BCUT2D eigenvalue weighted by Crippen LogP contribution is 2.22. The summed E-state index contributed by atoms with van der Waals surface area (Å²) in [5.41, 5.74) is 1.83. The molecule has 3 aromatic rings. The Kier molecular flexibility index (Phi) is 7.19. The number of aromatic nitrogens is 2. The Labute approximate surface area is 173 Å². The molecule has 1 heterocycles. The van der Waals surface area contributed by atoms with Crippen molar-refractivity contribution in [1.82, 2.24) is 14.9 Å². The zero-order valence-corrected chi connectivity index (χ0v) is 16.9. The van der Waals surface area contributed by atoms with Gasteiger partial charge in [-0.3, -0.25) is 14.2 Å². The van der Waals surface area contributed by atoms with E-state index in [1.807, 2.05) is 16.7 Å². The van der Waals surface area contributed by atoms with Gasteiger partial charge in [0, 0.05) is 35.8 Å². The van der Waals surface area contributed by atoms with E-state index in [-0.39, 0.29) is 23.3 Å². The molecule has 150 valence electrons. The summed E-state index contributed by atoms with van der Waals surface area (Å²) in [5.74, 6) is -0.405. The number of amides is 1. The largest absolute Gasteiger partial charge is 0.352 e. The molecule has 0 aliphatic rings. The maximum absolute atomic E-state index is 13.0. The third-order valence-electron chi connectivity index (χ3n) is 4.31. The number of Topliss-reactive ketones (excluding diaryl/α,β-unsaturated/α-hetero) is 1. The van der Waals surface area contributed by atoms with E-state index >= 15 is 0 Å². The molecule has 0 aliphatic heterocycles. The van der Waals surface area contributed by atoms with Crippen molar-refractivity contribution in [2.45, 2.75) is 24.9 Å². The van der Waals surface area contributed by atoms with Crippen molar-refractivity contribution in [1.29, 1.82) is 0 Å². The van der Waals surface area contributed by atoms with Crippen molar-refractivity contribution in [2.24, 2.45) is 0 Å². The van der Waals surface area contributed by atoms with Crippen LogP contribution in [0.4, 0.5) is 4.39 Å². The highest BCUT2D eigenvalue weighted by atomic mass is 32.2. The first-order valence-electron chi connectivity index (χ1n) is 9.42. The predicted octanol–water partition coefficient (Wildman–Crippen LogP) is 4.52. The minimum Gasteiger partial charge on any atom is -0.352 e. The predicted molar refractivity (Wildman–Crippen MR) is 112 cm³/mol. The van der Waals surface area contributed by atoms with Gasteiger partial charge in [-0.05, 0) is 48.9 Å². The lowest BCUT2D eigenvalue weighted by Crippen LogP contribution is -2.24. The van der Waals surface area contributed by atoms with Crippen molar-refractivity contribution in [3.8, 4) is 5.69 Å². The van der Waals surface area contributed by atoms with Gasteiger partial charge < -0.3 is 5.32 Å². The van der Waals surface area contributed by atoms with E-state index in [2.05, 4.69) is 17.2 Å². The number of benzene rings is 2. The van der Waals surface area contributed by atoms with E-state index in [1.54, 1.807) is 24.5 Å². The molecule has 0 saturated heterocycles. The second-order valence-electron chi connectivity index (χ2n) is 6.46. The van der Waals surface area contributed by atoms with Crippen LogP contribution in [-0.4, -0.2) is 33.5 Å². The van der Waals surface area contributed by atoms with Gasteiger partial charge in [0.2, 0.25) is 0 Å². The van der Waals surface area contributed by atoms with E-state index < -0.39 is 0 Å². The van der Waals surface area contributed by atoms with Gasteiger partial charge in [0.25, 0.3) is 5.91 Å². The lowest BCUT2D eigenvalue weighted by molar-refractivity contribution is 0.0952. The molecular formula is C22H22FN3O2S. The Balaban J connectivity index is 1.69. The summed E-state index contributed by atoms with van der Waals surface area (Å²) in [7, 11) is 0. The Hall–Kier alpha value is -2.93. The maximum atomic E-state index is 13.0. The average Bonchev–Trinajstić information content (AvgIpc) is 3.21. The van der Waals surface area contributed by atoms with Crippen LogP contribution in [0.15, 0.2) is 66.1 Å². The van der Waals surface area contributed by atoms with Crippen molar-refractivity contribution in [3.63, 3.8) is 0 Å². The van der Waals surface area contributed by atoms with E-state index in [1.165, 1.54) is 36.0 Å². The number of hydrogen-bond donors (Lipinski definition) is 1. The zero-order valence-electron chi connectivity index (χ0n) is 16.1. The van der Waals surface area contributed by atoms with Crippen LogP contribution in [0.25, 0.3) is 5.69 Å². The second kappa shape index (κ2) is 10.0. The number of nitrogens with zero attached hydrogens (tertiary/aromatic N) is 2. The summed E-state index contributed by atoms with van der Waals surface area (Å²) in [5, 5.41) is 3.55. The zero-order chi connectivity index (χ0) is 20.6. The third kappa shape index (κ3) is 5.54. The molecule has 3 rings (SSSR count). The number of nitrogens with one attached hydrogen (secondary N) is 1. The number of thioether (sulfide) groups is 1. The number of hydrogen-bond acceptors (Lipinski definition) is 4. The van der Waals surface area contributed by atoms with Crippen LogP contribution in [0.1, 0.15) is 40.5 Å². The minimum absolute atomic E-state index is 0.103. The number of carbonyl (C=O) groups is 2. The summed E-state index contributed by atoms with van der Waals surface area (Å²) in [6.45, 7) is 2.73. The first-order chi connectivity index (χ1) is 14.1. The maximum Gasteiger partial charge on any atom is 0.251 e. The molecule has 2 aromatic carbocycles. The summed E-state index contributed by atoms with van der Waals surface area (Å²) in [6, 6.07) is 12.8. The normalized spacial score (nSPS) is 10.7. The van der Waals surface area contributed by atoms with Gasteiger partial charge in [0.1, 0.15) is 5.82 Å². The molecule has 5 nitrogen and oxygen atoms in total. The molecule has 0 saturated carbocycles. The van der Waals surface area contributed by atoms with Gasteiger partial charge in [-0.1, -0.05) is 31.2 Å². The summed E-state index contributed by atoms with van der Waals surface area (Å²) in [6.07, 6.45) is 5.40. The lowest BCUT2D eigenvalue weighted by atomic mass is 10.1. The van der Waals surface area contributed by atoms with Gasteiger partial charge in [0.15, 0.2) is 10.9 Å². The van der Waals surface area contributed by atoms with Crippen LogP contribution in [-0.2, 0) is 0 Å². The number of unbranched alkanes of at least 4 members (excludes halogenated alkanes) is 1. The second-order valence-corrected chi connectivity index (χ2v) is 7.40. The highest BCUT2D eigenvalue weighted by Gasteiger charge is 2.12. The Morgan fingerprint density at radius 3 is 2.69 bits per heavy atom. The fourth-order valence-corrected chi connectivity index (χ4v) is 3.59. The summed E-state index contributed by atoms with van der Waals surface area (Å²) in [4.78, 5) is 29.0.